The number of rotatable bonds is 9. The second kappa shape index (κ2) is 10.9. The maximum atomic E-state index is 12.6. The van der Waals surface area contributed by atoms with E-state index < -0.39 is 5.97 Å². The Morgan fingerprint density at radius 3 is 1.94 bits per heavy atom. The molecule has 33 heavy (non-hydrogen) atoms. The number of hydrogen-bond donors (Lipinski definition) is 0. The second-order valence-electron chi connectivity index (χ2n) is 6.80. The first-order valence-electron chi connectivity index (χ1n) is 9.97. The Hall–Kier alpha value is -4.26. The highest BCUT2D eigenvalue weighted by atomic mass is 16.5. The third kappa shape index (κ3) is 5.71. The van der Waals surface area contributed by atoms with Crippen LogP contribution in [0.1, 0.15) is 26.3 Å². The molecule has 0 saturated heterocycles. The van der Waals surface area contributed by atoms with Crippen LogP contribution >= 0.6 is 0 Å². The molecule has 0 aliphatic heterocycles. The van der Waals surface area contributed by atoms with E-state index in [2.05, 4.69) is 0 Å². The van der Waals surface area contributed by atoms with Crippen molar-refractivity contribution in [3.05, 3.63) is 83.4 Å². The highest BCUT2D eigenvalue weighted by Gasteiger charge is 2.13. The summed E-state index contributed by atoms with van der Waals surface area (Å²) in [5.74, 6) is 1.61. The van der Waals surface area contributed by atoms with Crippen molar-refractivity contribution in [2.24, 2.45) is 0 Å². The molecule has 0 aromatic heterocycles. The Labute approximate surface area is 192 Å². The molecule has 7 nitrogen and oxygen atoms in total. The number of carbonyl (C=O) groups excluding carboxylic acids is 2. The lowest BCUT2D eigenvalue weighted by atomic mass is 10.1. The van der Waals surface area contributed by atoms with E-state index in [9.17, 15) is 9.59 Å². The van der Waals surface area contributed by atoms with Gasteiger partial charge in [-0.05, 0) is 66.2 Å². The summed E-state index contributed by atoms with van der Waals surface area (Å²) in [6.45, 7) is 0. The lowest BCUT2D eigenvalue weighted by Crippen LogP contribution is -2.08. The normalized spacial score (nSPS) is 10.5. The van der Waals surface area contributed by atoms with Crippen molar-refractivity contribution in [1.29, 1.82) is 0 Å². The summed E-state index contributed by atoms with van der Waals surface area (Å²) >= 11 is 0. The minimum atomic E-state index is -0.518. The molecule has 0 N–H and O–H groups in total. The average Bonchev–Trinajstić information content (AvgIpc) is 2.86. The molecular formula is C26H24O7. The monoisotopic (exact) mass is 448 g/mol. The van der Waals surface area contributed by atoms with Gasteiger partial charge >= 0.3 is 5.97 Å². The van der Waals surface area contributed by atoms with Gasteiger partial charge in [-0.2, -0.15) is 0 Å². The predicted octanol–water partition coefficient (Wildman–Crippen LogP) is 4.84. The maximum Gasteiger partial charge on any atom is 0.343 e. The van der Waals surface area contributed by atoms with Crippen molar-refractivity contribution in [1.82, 2.24) is 0 Å². The molecule has 170 valence electrons. The fourth-order valence-electron chi connectivity index (χ4n) is 3.07. The van der Waals surface area contributed by atoms with Gasteiger partial charge in [0.15, 0.2) is 17.3 Å². The molecular weight excluding hydrogens is 424 g/mol. The van der Waals surface area contributed by atoms with E-state index in [1.54, 1.807) is 66.7 Å². The van der Waals surface area contributed by atoms with Crippen molar-refractivity contribution in [3.63, 3.8) is 0 Å². The highest BCUT2D eigenvalue weighted by molar-refractivity contribution is 6.07. The lowest BCUT2D eigenvalue weighted by Gasteiger charge is -2.12. The lowest BCUT2D eigenvalue weighted by molar-refractivity contribution is 0.0734. The number of methoxy groups -OCH3 is 4. The van der Waals surface area contributed by atoms with Crippen molar-refractivity contribution < 1.29 is 33.3 Å². The zero-order valence-corrected chi connectivity index (χ0v) is 18.8. The first kappa shape index (κ1) is 23.4. The number of ether oxygens (including phenoxy) is 5. The summed E-state index contributed by atoms with van der Waals surface area (Å²) in [7, 11) is 6.10. The van der Waals surface area contributed by atoms with Gasteiger partial charge in [-0.25, -0.2) is 4.79 Å². The molecule has 0 bridgehead atoms. The van der Waals surface area contributed by atoms with Crippen molar-refractivity contribution in [2.45, 2.75) is 0 Å². The Balaban J connectivity index is 1.70. The SMILES string of the molecule is COc1cccc(C(=O)Oc2ccc(C(=O)C=Cc3cc(OC)c(OC)c(OC)c3)cc2)c1. The summed E-state index contributed by atoms with van der Waals surface area (Å²) in [5, 5.41) is 0. The minimum absolute atomic E-state index is 0.213. The fraction of sp³-hybridized carbons (Fsp3) is 0.154. The van der Waals surface area contributed by atoms with Crippen LogP contribution in [0.3, 0.4) is 0 Å². The molecule has 7 heteroatoms. The quantitative estimate of drug-likeness (QED) is 0.201. The summed E-state index contributed by atoms with van der Waals surface area (Å²) in [4.78, 5) is 24.9. The van der Waals surface area contributed by atoms with Crippen molar-refractivity contribution >= 4 is 17.8 Å². The number of esters is 1. The van der Waals surface area contributed by atoms with E-state index in [-0.39, 0.29) is 5.78 Å². The third-order valence-electron chi connectivity index (χ3n) is 4.77. The summed E-state index contributed by atoms with van der Waals surface area (Å²) < 4.78 is 26.5. The molecule has 0 fully saturated rings. The van der Waals surface area contributed by atoms with Crippen molar-refractivity contribution in [2.75, 3.05) is 28.4 Å². The number of allylic oxidation sites excluding steroid dienone is 1. The fourth-order valence-corrected chi connectivity index (χ4v) is 3.07. The summed E-state index contributed by atoms with van der Waals surface area (Å²) in [5.41, 5.74) is 1.52. The Kier molecular flexibility index (Phi) is 7.70. The zero-order chi connectivity index (χ0) is 23.8. The van der Waals surface area contributed by atoms with Crippen LogP contribution in [0.2, 0.25) is 0 Å². The molecule has 0 unspecified atom stereocenters. The van der Waals surface area contributed by atoms with E-state index in [0.29, 0.717) is 45.4 Å². The van der Waals surface area contributed by atoms with Crippen LogP contribution in [0.25, 0.3) is 6.08 Å². The van der Waals surface area contributed by atoms with Gasteiger partial charge in [-0.3, -0.25) is 4.79 Å². The molecule has 0 radical (unpaired) electrons. The van der Waals surface area contributed by atoms with Crippen LogP contribution in [0, 0.1) is 0 Å². The van der Waals surface area contributed by atoms with Crippen LogP contribution in [-0.4, -0.2) is 40.2 Å². The molecule has 0 amide bonds. The Morgan fingerprint density at radius 2 is 1.36 bits per heavy atom. The largest absolute Gasteiger partial charge is 0.497 e. The first-order chi connectivity index (χ1) is 16.0. The second-order valence-corrected chi connectivity index (χ2v) is 6.80. The summed E-state index contributed by atoms with van der Waals surface area (Å²) in [6.07, 6.45) is 3.10. The average molecular weight is 448 g/mol. The number of carbonyl (C=O) groups is 2. The van der Waals surface area contributed by atoms with Gasteiger partial charge < -0.3 is 23.7 Å². The molecule has 0 spiro atoms. The van der Waals surface area contributed by atoms with Gasteiger partial charge in [0, 0.05) is 5.56 Å². The molecule has 3 rings (SSSR count). The number of hydrogen-bond acceptors (Lipinski definition) is 7. The standard InChI is InChI=1S/C26H24O7/c1-29-21-7-5-6-19(16-21)26(28)33-20-11-9-18(10-12-20)22(27)13-8-17-14-23(30-2)25(32-4)24(15-17)31-3/h5-16H,1-4H3. The van der Waals surface area contributed by atoms with Gasteiger partial charge in [-0.15, -0.1) is 0 Å². The van der Waals surface area contributed by atoms with Gasteiger partial charge in [0.25, 0.3) is 0 Å². The minimum Gasteiger partial charge on any atom is -0.497 e. The first-order valence-corrected chi connectivity index (χ1v) is 9.97. The third-order valence-corrected chi connectivity index (χ3v) is 4.77. The predicted molar refractivity (Wildman–Crippen MR) is 124 cm³/mol. The van der Waals surface area contributed by atoms with E-state index >= 15 is 0 Å². The van der Waals surface area contributed by atoms with E-state index in [4.69, 9.17) is 23.7 Å². The van der Waals surface area contributed by atoms with Crippen molar-refractivity contribution in [3.8, 4) is 28.7 Å². The molecule has 0 saturated carbocycles. The molecule has 0 heterocycles. The molecule has 0 atom stereocenters. The van der Waals surface area contributed by atoms with Gasteiger partial charge in [0.05, 0.1) is 34.0 Å². The number of benzene rings is 3. The maximum absolute atomic E-state index is 12.6. The molecule has 3 aromatic rings. The van der Waals surface area contributed by atoms with Gasteiger partial charge in [0.1, 0.15) is 11.5 Å². The van der Waals surface area contributed by atoms with Crippen LogP contribution in [0.5, 0.6) is 28.7 Å². The highest BCUT2D eigenvalue weighted by Crippen LogP contribution is 2.38. The van der Waals surface area contributed by atoms with E-state index in [1.165, 1.54) is 34.5 Å². The Bertz CT molecular complexity index is 1140. The van der Waals surface area contributed by atoms with E-state index in [0.717, 1.165) is 0 Å². The van der Waals surface area contributed by atoms with Crippen LogP contribution in [-0.2, 0) is 0 Å². The molecule has 3 aromatic carbocycles. The summed E-state index contributed by atoms with van der Waals surface area (Å²) in [6, 6.07) is 16.5. The topological polar surface area (TPSA) is 80.3 Å². The van der Waals surface area contributed by atoms with Crippen LogP contribution in [0.4, 0.5) is 0 Å². The van der Waals surface area contributed by atoms with Crippen LogP contribution in [0.15, 0.2) is 66.7 Å². The zero-order valence-electron chi connectivity index (χ0n) is 18.8. The molecule has 0 aliphatic rings. The number of ketones is 1. The molecule has 0 aliphatic carbocycles. The Morgan fingerprint density at radius 1 is 0.697 bits per heavy atom. The van der Waals surface area contributed by atoms with Gasteiger partial charge in [-0.1, -0.05) is 12.1 Å². The smallest absolute Gasteiger partial charge is 0.343 e. The van der Waals surface area contributed by atoms with Crippen LogP contribution < -0.4 is 23.7 Å². The van der Waals surface area contributed by atoms with E-state index in [1.807, 2.05) is 0 Å². The van der Waals surface area contributed by atoms with Gasteiger partial charge in [0.2, 0.25) is 5.75 Å².